The molecule has 5 nitrogen and oxygen atoms in total. The average molecular weight is 429 g/mol. The monoisotopic (exact) mass is 428 g/mol. The first-order chi connectivity index (χ1) is 15.1. The molecule has 6 heteroatoms. The van der Waals surface area contributed by atoms with Gasteiger partial charge in [0.25, 0.3) is 0 Å². The van der Waals surface area contributed by atoms with Crippen molar-refractivity contribution in [3.05, 3.63) is 78.4 Å². The van der Waals surface area contributed by atoms with Crippen LogP contribution in [-0.2, 0) is 4.79 Å². The quantitative estimate of drug-likeness (QED) is 0.368. The maximum absolute atomic E-state index is 12.6. The lowest BCUT2D eigenvalue weighted by Crippen LogP contribution is -2.38. The van der Waals surface area contributed by atoms with Gasteiger partial charge < -0.3 is 10.4 Å². The molecule has 0 aliphatic heterocycles. The molecule has 1 fully saturated rings. The molecule has 0 saturated heterocycles. The number of hydrogen-bond donors (Lipinski definition) is 2. The second-order valence-electron chi connectivity index (χ2n) is 7.76. The molecule has 31 heavy (non-hydrogen) atoms. The van der Waals surface area contributed by atoms with E-state index < -0.39 is 17.8 Å². The standard InChI is InChI=1S/C25H20N2O3S/c28-23(19-13-14-20(19)24(29)30)17-7-5-15(6-8-17)16-9-11-18(12-10-16)26-25-27-21-3-1-2-4-22(21)31-25/h1-12,19-20H,13-14H2,(H,26,27)(H,29,30)/t19-,20-/m1/s1. The summed E-state index contributed by atoms with van der Waals surface area (Å²) in [5, 5.41) is 13.4. The highest BCUT2D eigenvalue weighted by molar-refractivity contribution is 7.22. The zero-order valence-electron chi connectivity index (χ0n) is 16.6. The van der Waals surface area contributed by atoms with Crippen LogP contribution in [-0.4, -0.2) is 21.8 Å². The molecule has 0 amide bonds. The van der Waals surface area contributed by atoms with Crippen molar-refractivity contribution in [3.8, 4) is 11.1 Å². The molecule has 4 aromatic rings. The van der Waals surface area contributed by atoms with Crippen molar-refractivity contribution in [1.82, 2.24) is 4.98 Å². The summed E-state index contributed by atoms with van der Waals surface area (Å²) in [4.78, 5) is 28.4. The van der Waals surface area contributed by atoms with Crippen molar-refractivity contribution in [2.45, 2.75) is 12.8 Å². The number of benzene rings is 3. The minimum atomic E-state index is -0.874. The van der Waals surface area contributed by atoms with Gasteiger partial charge >= 0.3 is 5.97 Å². The minimum absolute atomic E-state index is 0.0689. The Morgan fingerprint density at radius 2 is 1.52 bits per heavy atom. The van der Waals surface area contributed by atoms with Gasteiger partial charge in [-0.3, -0.25) is 9.59 Å². The highest BCUT2D eigenvalue weighted by atomic mass is 32.1. The topological polar surface area (TPSA) is 79.3 Å². The normalized spacial score (nSPS) is 17.8. The minimum Gasteiger partial charge on any atom is -0.481 e. The number of carboxylic acids is 1. The molecule has 2 N–H and O–H groups in total. The van der Waals surface area contributed by atoms with Gasteiger partial charge in [-0.05, 0) is 48.2 Å². The average Bonchev–Trinajstić information content (AvgIpc) is 3.15. The smallest absolute Gasteiger partial charge is 0.307 e. The molecular formula is C25H20N2O3S. The van der Waals surface area contributed by atoms with E-state index in [1.54, 1.807) is 23.5 Å². The van der Waals surface area contributed by atoms with Crippen LogP contribution in [0.5, 0.6) is 0 Å². The highest BCUT2D eigenvalue weighted by Gasteiger charge is 2.41. The summed E-state index contributed by atoms with van der Waals surface area (Å²) in [6.07, 6.45) is 1.24. The molecule has 1 aliphatic carbocycles. The van der Waals surface area contributed by atoms with Crippen LogP contribution in [0.2, 0.25) is 0 Å². The number of nitrogens with zero attached hydrogens (tertiary/aromatic N) is 1. The van der Waals surface area contributed by atoms with Crippen LogP contribution >= 0.6 is 11.3 Å². The van der Waals surface area contributed by atoms with Gasteiger partial charge in [0.1, 0.15) is 0 Å². The third-order valence-corrected chi connectivity index (χ3v) is 6.81. The lowest BCUT2D eigenvalue weighted by molar-refractivity contribution is -0.146. The number of aliphatic carboxylic acids is 1. The molecule has 0 spiro atoms. The number of para-hydroxylation sites is 1. The number of carboxylic acid groups (broad SMARTS) is 1. The zero-order chi connectivity index (χ0) is 21.4. The lowest BCUT2D eigenvalue weighted by Gasteiger charge is -2.31. The largest absolute Gasteiger partial charge is 0.481 e. The van der Waals surface area contributed by atoms with Crippen LogP contribution in [0, 0.1) is 11.8 Å². The number of aromatic nitrogens is 1. The second kappa shape index (κ2) is 7.96. The number of nitrogens with one attached hydrogen (secondary N) is 1. The van der Waals surface area contributed by atoms with Gasteiger partial charge in [-0.2, -0.15) is 0 Å². The lowest BCUT2D eigenvalue weighted by atomic mass is 9.70. The third-order valence-electron chi connectivity index (χ3n) is 5.86. The molecule has 154 valence electrons. The highest BCUT2D eigenvalue weighted by Crippen LogP contribution is 2.37. The van der Waals surface area contributed by atoms with Crippen LogP contribution in [0.15, 0.2) is 72.8 Å². The van der Waals surface area contributed by atoms with Crippen molar-refractivity contribution in [1.29, 1.82) is 0 Å². The number of carbonyl (C=O) groups excluding carboxylic acids is 1. The number of anilines is 2. The fraction of sp³-hybridized carbons (Fsp3) is 0.160. The van der Waals surface area contributed by atoms with Crippen LogP contribution in [0.3, 0.4) is 0 Å². The van der Waals surface area contributed by atoms with Gasteiger partial charge in [-0.1, -0.05) is 59.9 Å². The Hall–Kier alpha value is -3.51. The summed E-state index contributed by atoms with van der Waals surface area (Å²) >= 11 is 1.62. The fourth-order valence-corrected chi connectivity index (χ4v) is 4.83. The number of rotatable bonds is 6. The van der Waals surface area contributed by atoms with Crippen LogP contribution < -0.4 is 5.32 Å². The van der Waals surface area contributed by atoms with E-state index in [-0.39, 0.29) is 5.78 Å². The first kappa shape index (κ1) is 19.5. The Labute approximate surface area is 183 Å². The van der Waals surface area contributed by atoms with E-state index in [0.29, 0.717) is 18.4 Å². The number of carbonyl (C=O) groups is 2. The predicted octanol–water partition coefficient (Wildman–Crippen LogP) is 6.00. The molecular weight excluding hydrogens is 408 g/mol. The van der Waals surface area contributed by atoms with Crippen molar-refractivity contribution in [3.63, 3.8) is 0 Å². The van der Waals surface area contributed by atoms with E-state index in [0.717, 1.165) is 32.2 Å². The van der Waals surface area contributed by atoms with Crippen molar-refractivity contribution >= 4 is 44.1 Å². The Balaban J connectivity index is 1.28. The second-order valence-corrected chi connectivity index (χ2v) is 8.79. The molecule has 1 heterocycles. The van der Waals surface area contributed by atoms with E-state index in [9.17, 15) is 14.7 Å². The molecule has 1 aliphatic rings. The van der Waals surface area contributed by atoms with Crippen molar-refractivity contribution in [2.24, 2.45) is 11.8 Å². The summed E-state index contributed by atoms with van der Waals surface area (Å²) in [5.41, 5.74) is 4.57. The Morgan fingerprint density at radius 1 is 0.871 bits per heavy atom. The first-order valence-corrected chi connectivity index (χ1v) is 11.0. The van der Waals surface area contributed by atoms with E-state index in [1.807, 2.05) is 54.6 Å². The molecule has 3 aromatic carbocycles. The van der Waals surface area contributed by atoms with Gasteiger partial charge in [0, 0.05) is 17.2 Å². The molecule has 1 saturated carbocycles. The number of hydrogen-bond acceptors (Lipinski definition) is 5. The van der Waals surface area contributed by atoms with Crippen LogP contribution in [0.1, 0.15) is 23.2 Å². The Morgan fingerprint density at radius 3 is 2.13 bits per heavy atom. The predicted molar refractivity (Wildman–Crippen MR) is 123 cm³/mol. The maximum atomic E-state index is 12.6. The third kappa shape index (κ3) is 3.82. The maximum Gasteiger partial charge on any atom is 0.307 e. The van der Waals surface area contributed by atoms with Crippen molar-refractivity contribution in [2.75, 3.05) is 5.32 Å². The van der Waals surface area contributed by atoms with Gasteiger partial charge in [-0.15, -0.1) is 0 Å². The summed E-state index contributed by atoms with van der Waals surface area (Å²) in [6.45, 7) is 0. The Kier molecular flexibility index (Phi) is 5.00. The van der Waals surface area contributed by atoms with Gasteiger partial charge in [0.2, 0.25) is 0 Å². The van der Waals surface area contributed by atoms with Crippen molar-refractivity contribution < 1.29 is 14.7 Å². The fourth-order valence-electron chi connectivity index (χ4n) is 3.95. The van der Waals surface area contributed by atoms with Crippen LogP contribution in [0.4, 0.5) is 10.8 Å². The number of Topliss-reactive ketones (excluding diaryl/α,β-unsaturated/α-hetero) is 1. The SMILES string of the molecule is O=C(O)[C@@H]1CC[C@H]1C(=O)c1ccc(-c2ccc(Nc3nc4ccccc4s3)cc2)cc1. The summed E-state index contributed by atoms with van der Waals surface area (Å²) in [5.74, 6) is -1.87. The van der Waals surface area contributed by atoms with Crippen LogP contribution in [0.25, 0.3) is 21.3 Å². The summed E-state index contributed by atoms with van der Waals surface area (Å²) < 4.78 is 1.15. The molecule has 0 unspecified atom stereocenters. The zero-order valence-corrected chi connectivity index (χ0v) is 17.4. The number of fused-ring (bicyclic) bond motifs is 1. The summed E-state index contributed by atoms with van der Waals surface area (Å²) in [6, 6.07) is 23.5. The number of ketones is 1. The number of thiazole rings is 1. The van der Waals surface area contributed by atoms with E-state index >= 15 is 0 Å². The van der Waals surface area contributed by atoms with E-state index in [2.05, 4.69) is 16.4 Å². The molecule has 0 bridgehead atoms. The summed E-state index contributed by atoms with van der Waals surface area (Å²) in [7, 11) is 0. The molecule has 2 atom stereocenters. The Bertz CT molecular complexity index is 1230. The first-order valence-electron chi connectivity index (χ1n) is 10.2. The van der Waals surface area contributed by atoms with Gasteiger partial charge in [0.05, 0.1) is 16.1 Å². The molecule has 5 rings (SSSR count). The van der Waals surface area contributed by atoms with Gasteiger partial charge in [-0.25, -0.2) is 4.98 Å². The van der Waals surface area contributed by atoms with E-state index in [1.165, 1.54) is 0 Å². The molecule has 1 aromatic heterocycles. The molecule has 0 radical (unpaired) electrons. The van der Waals surface area contributed by atoms with Gasteiger partial charge in [0.15, 0.2) is 10.9 Å². The van der Waals surface area contributed by atoms with E-state index in [4.69, 9.17) is 0 Å².